The Kier molecular flexibility index (Phi) is 3.58. The van der Waals surface area contributed by atoms with Gasteiger partial charge in [-0.2, -0.15) is 0 Å². The molecule has 118 valence electrons. The molecule has 0 aliphatic carbocycles. The number of fused-ring (bicyclic) bond motifs is 1. The molecule has 23 heavy (non-hydrogen) atoms. The molecule has 3 heterocycles. The van der Waals surface area contributed by atoms with E-state index in [1.54, 1.807) is 12.1 Å². The van der Waals surface area contributed by atoms with E-state index < -0.39 is 0 Å². The first kappa shape index (κ1) is 14.3. The first-order chi connectivity index (χ1) is 11.2. The van der Waals surface area contributed by atoms with Crippen molar-refractivity contribution < 1.29 is 4.39 Å². The number of piperidine rings is 1. The third-order valence-electron chi connectivity index (χ3n) is 4.42. The zero-order chi connectivity index (χ0) is 15.8. The third-order valence-corrected chi connectivity index (χ3v) is 4.42. The quantitative estimate of drug-likeness (QED) is 0.788. The van der Waals surface area contributed by atoms with E-state index in [4.69, 9.17) is 4.98 Å². The van der Waals surface area contributed by atoms with Gasteiger partial charge in [0.05, 0.1) is 0 Å². The Hall–Kier alpha value is -2.27. The van der Waals surface area contributed by atoms with Crippen molar-refractivity contribution in [3.8, 4) is 11.4 Å². The number of nitrogens with one attached hydrogen (secondary N) is 1. The highest BCUT2D eigenvalue weighted by Gasteiger charge is 2.23. The molecule has 1 aromatic carbocycles. The van der Waals surface area contributed by atoms with Gasteiger partial charge in [0.1, 0.15) is 17.2 Å². The van der Waals surface area contributed by atoms with Gasteiger partial charge in [-0.3, -0.25) is 0 Å². The van der Waals surface area contributed by atoms with Crippen molar-refractivity contribution in [2.24, 2.45) is 0 Å². The Bertz CT molecular complexity index is 849. The summed E-state index contributed by atoms with van der Waals surface area (Å²) in [6.45, 7) is 3.98. The topological polar surface area (TPSA) is 42.7 Å². The number of halogens is 1. The fourth-order valence-corrected chi connectivity index (χ4v) is 3.32. The lowest BCUT2D eigenvalue weighted by Gasteiger charge is -2.26. The molecule has 0 unspecified atom stereocenters. The van der Waals surface area contributed by atoms with E-state index in [1.807, 2.05) is 25.3 Å². The van der Waals surface area contributed by atoms with Crippen LogP contribution >= 0.6 is 0 Å². The zero-order valence-electron chi connectivity index (χ0n) is 13.1. The summed E-state index contributed by atoms with van der Waals surface area (Å²) in [4.78, 5) is 9.38. The second kappa shape index (κ2) is 5.74. The van der Waals surface area contributed by atoms with E-state index >= 15 is 0 Å². The summed E-state index contributed by atoms with van der Waals surface area (Å²) in [6, 6.07) is 9.04. The van der Waals surface area contributed by atoms with Crippen LogP contribution in [0.1, 0.15) is 24.4 Å². The van der Waals surface area contributed by atoms with Crippen molar-refractivity contribution >= 4 is 11.2 Å². The number of benzene rings is 1. The molecule has 1 saturated heterocycles. The minimum Gasteiger partial charge on any atom is -0.317 e. The lowest BCUT2D eigenvalue weighted by Crippen LogP contribution is -2.29. The average molecular weight is 310 g/mol. The number of aryl methyl sites for hydroxylation is 1. The number of pyridine rings is 1. The van der Waals surface area contributed by atoms with Crippen LogP contribution in [0, 0.1) is 12.7 Å². The van der Waals surface area contributed by atoms with Gasteiger partial charge in [0.15, 0.2) is 5.65 Å². The van der Waals surface area contributed by atoms with Crippen LogP contribution in [-0.4, -0.2) is 27.6 Å². The van der Waals surface area contributed by atoms with Crippen LogP contribution in [0.4, 0.5) is 4.39 Å². The highest BCUT2D eigenvalue weighted by molar-refractivity contribution is 5.78. The Balaban J connectivity index is 1.94. The van der Waals surface area contributed by atoms with Gasteiger partial charge in [-0.1, -0.05) is 12.1 Å². The van der Waals surface area contributed by atoms with Crippen LogP contribution in [0.3, 0.4) is 0 Å². The normalized spacial score (nSPS) is 16.1. The van der Waals surface area contributed by atoms with Gasteiger partial charge in [0.2, 0.25) is 0 Å². The Morgan fingerprint density at radius 1 is 1.22 bits per heavy atom. The molecule has 5 heteroatoms. The maximum absolute atomic E-state index is 13.7. The van der Waals surface area contributed by atoms with Gasteiger partial charge in [0, 0.05) is 17.8 Å². The van der Waals surface area contributed by atoms with E-state index in [-0.39, 0.29) is 5.82 Å². The van der Waals surface area contributed by atoms with Crippen molar-refractivity contribution in [3.05, 3.63) is 47.9 Å². The van der Waals surface area contributed by atoms with Gasteiger partial charge in [-0.15, -0.1) is 0 Å². The molecule has 0 atom stereocenters. The zero-order valence-corrected chi connectivity index (χ0v) is 13.1. The predicted molar refractivity (Wildman–Crippen MR) is 88.8 cm³/mol. The number of imidazole rings is 1. The van der Waals surface area contributed by atoms with Crippen molar-refractivity contribution in [1.29, 1.82) is 0 Å². The molecule has 0 saturated carbocycles. The number of hydrogen-bond acceptors (Lipinski definition) is 3. The molecular formula is C18H19FN4. The molecule has 1 fully saturated rings. The first-order valence-corrected chi connectivity index (χ1v) is 8.03. The standard InChI is InChI=1S/C18H19FN4/c1-12-9-16-18(21-11-12)23(15-5-7-20-8-6-15)17(22-16)13-3-2-4-14(19)10-13/h2-4,9-11,15,20H,5-8H2,1H3. The van der Waals surface area contributed by atoms with Crippen molar-refractivity contribution in [3.63, 3.8) is 0 Å². The predicted octanol–water partition coefficient (Wildman–Crippen LogP) is 3.47. The number of nitrogens with zero attached hydrogens (tertiary/aromatic N) is 3. The minimum absolute atomic E-state index is 0.240. The monoisotopic (exact) mass is 310 g/mol. The van der Waals surface area contributed by atoms with Gasteiger partial charge >= 0.3 is 0 Å². The highest BCUT2D eigenvalue weighted by atomic mass is 19.1. The SMILES string of the molecule is Cc1cnc2c(c1)nc(-c1cccc(F)c1)n2C1CCNCC1. The largest absolute Gasteiger partial charge is 0.317 e. The first-order valence-electron chi connectivity index (χ1n) is 8.03. The maximum atomic E-state index is 13.7. The average Bonchev–Trinajstić information content (AvgIpc) is 2.94. The number of rotatable bonds is 2. The van der Waals surface area contributed by atoms with E-state index in [9.17, 15) is 4.39 Å². The molecule has 0 spiro atoms. The highest BCUT2D eigenvalue weighted by Crippen LogP contribution is 2.31. The third kappa shape index (κ3) is 2.61. The maximum Gasteiger partial charge on any atom is 0.160 e. The summed E-state index contributed by atoms with van der Waals surface area (Å²) in [5, 5.41) is 3.39. The Morgan fingerprint density at radius 2 is 2.04 bits per heavy atom. The second-order valence-corrected chi connectivity index (χ2v) is 6.15. The Morgan fingerprint density at radius 3 is 2.83 bits per heavy atom. The van der Waals surface area contributed by atoms with Gasteiger partial charge in [-0.05, 0) is 56.6 Å². The summed E-state index contributed by atoms with van der Waals surface area (Å²) in [7, 11) is 0. The molecule has 0 bridgehead atoms. The van der Waals surface area contributed by atoms with Crippen LogP contribution in [0.25, 0.3) is 22.6 Å². The van der Waals surface area contributed by atoms with Crippen molar-refractivity contribution in [2.45, 2.75) is 25.8 Å². The van der Waals surface area contributed by atoms with Crippen LogP contribution in [0.2, 0.25) is 0 Å². The fourth-order valence-electron chi connectivity index (χ4n) is 3.32. The minimum atomic E-state index is -0.240. The lowest BCUT2D eigenvalue weighted by molar-refractivity contribution is 0.376. The molecule has 3 aromatic rings. The van der Waals surface area contributed by atoms with Crippen molar-refractivity contribution in [1.82, 2.24) is 19.9 Å². The molecule has 2 aromatic heterocycles. The molecule has 0 radical (unpaired) electrons. The van der Waals surface area contributed by atoms with Gasteiger partial charge < -0.3 is 9.88 Å². The fraction of sp³-hybridized carbons (Fsp3) is 0.333. The van der Waals surface area contributed by atoms with Crippen LogP contribution < -0.4 is 5.32 Å². The molecule has 1 aliphatic heterocycles. The lowest BCUT2D eigenvalue weighted by atomic mass is 10.1. The Labute approximate surface area is 134 Å². The summed E-state index contributed by atoms with van der Waals surface area (Å²) in [6.07, 6.45) is 3.93. The molecule has 4 rings (SSSR count). The van der Waals surface area contributed by atoms with Crippen LogP contribution in [0.5, 0.6) is 0 Å². The summed E-state index contributed by atoms with van der Waals surface area (Å²) >= 11 is 0. The van der Waals surface area contributed by atoms with E-state index in [0.29, 0.717) is 6.04 Å². The molecule has 4 nitrogen and oxygen atoms in total. The summed E-state index contributed by atoms with van der Waals surface area (Å²) in [5.74, 6) is 0.569. The van der Waals surface area contributed by atoms with Crippen molar-refractivity contribution in [2.75, 3.05) is 13.1 Å². The number of aromatic nitrogens is 3. The summed E-state index contributed by atoms with van der Waals surface area (Å²) in [5.41, 5.74) is 3.65. The second-order valence-electron chi connectivity index (χ2n) is 6.15. The summed E-state index contributed by atoms with van der Waals surface area (Å²) < 4.78 is 15.9. The number of hydrogen-bond donors (Lipinski definition) is 1. The van der Waals surface area contributed by atoms with E-state index in [1.165, 1.54) is 6.07 Å². The molecule has 1 aliphatic rings. The van der Waals surface area contributed by atoms with Gasteiger partial charge in [-0.25, -0.2) is 14.4 Å². The smallest absolute Gasteiger partial charge is 0.160 e. The van der Waals surface area contributed by atoms with Crippen LogP contribution in [0.15, 0.2) is 36.5 Å². The molecule has 1 N–H and O–H groups in total. The van der Waals surface area contributed by atoms with Crippen LogP contribution in [-0.2, 0) is 0 Å². The van der Waals surface area contributed by atoms with E-state index in [0.717, 1.165) is 54.0 Å². The molecular weight excluding hydrogens is 291 g/mol. The molecule has 0 amide bonds. The van der Waals surface area contributed by atoms with Gasteiger partial charge in [0.25, 0.3) is 0 Å². The van der Waals surface area contributed by atoms with E-state index in [2.05, 4.69) is 14.9 Å².